The molecule has 0 saturated carbocycles. The van der Waals surface area contributed by atoms with E-state index in [4.69, 9.17) is 9.72 Å². The van der Waals surface area contributed by atoms with Crippen LogP contribution in [0.3, 0.4) is 0 Å². The van der Waals surface area contributed by atoms with E-state index in [1.165, 1.54) is 21.9 Å². The number of thiazole rings is 1. The predicted molar refractivity (Wildman–Crippen MR) is 180 cm³/mol. The van der Waals surface area contributed by atoms with Crippen LogP contribution in [0.4, 0.5) is 15.7 Å². The summed E-state index contributed by atoms with van der Waals surface area (Å²) in [5.41, 5.74) is 1.21. The van der Waals surface area contributed by atoms with Crippen LogP contribution in [0.15, 0.2) is 28.5 Å². The van der Waals surface area contributed by atoms with Crippen molar-refractivity contribution in [2.24, 2.45) is 0 Å². The number of carbonyl (C=O) groups excluding carboxylic acids is 3. The molecule has 0 radical (unpaired) electrons. The Hall–Kier alpha value is -5.23. The molecule has 0 aromatic carbocycles. The van der Waals surface area contributed by atoms with Crippen LogP contribution >= 0.6 is 11.3 Å². The fourth-order valence-corrected chi connectivity index (χ4v) is 6.11. The highest BCUT2D eigenvalue weighted by molar-refractivity contribution is 7.14. The van der Waals surface area contributed by atoms with Gasteiger partial charge in [0.1, 0.15) is 24.1 Å². The number of amides is 2. The van der Waals surface area contributed by atoms with E-state index in [0.29, 0.717) is 49.0 Å². The van der Waals surface area contributed by atoms with Crippen molar-refractivity contribution in [3.05, 3.63) is 56.7 Å². The average Bonchev–Trinajstić information content (AvgIpc) is 3.73. The first-order valence-corrected chi connectivity index (χ1v) is 16.5. The van der Waals surface area contributed by atoms with Gasteiger partial charge < -0.3 is 29.3 Å². The highest BCUT2D eigenvalue weighted by Crippen LogP contribution is 2.27. The zero-order chi connectivity index (χ0) is 35.3. The van der Waals surface area contributed by atoms with Gasteiger partial charge in [0.2, 0.25) is 0 Å². The fraction of sp³-hybridized carbons (Fsp3) is 0.452. The summed E-state index contributed by atoms with van der Waals surface area (Å²) in [5.74, 6) is -0.873. The summed E-state index contributed by atoms with van der Waals surface area (Å²) in [6.45, 7) is 7.45. The molecule has 0 atom stereocenters. The molecule has 0 unspecified atom stereocenters. The van der Waals surface area contributed by atoms with Crippen LogP contribution < -0.4 is 26.2 Å². The van der Waals surface area contributed by atoms with Gasteiger partial charge in [-0.15, -0.1) is 21.5 Å². The SMILES string of the molecule is CC(C)(C)c1csc(NC(=O)c2ccn3c(=O)c(C=Cc4nn[nH]n4)c(N4CCC(OC(=O)NCC[N+](C)(C)CC(=O)[O-])CC4)nc3c2)n1. The topological polar surface area (TPSA) is 213 Å². The summed E-state index contributed by atoms with van der Waals surface area (Å²) >= 11 is 1.34. The van der Waals surface area contributed by atoms with Gasteiger partial charge in [-0.05, 0) is 29.5 Å². The van der Waals surface area contributed by atoms with Gasteiger partial charge in [0.25, 0.3) is 11.5 Å². The number of hydrogen-bond acceptors (Lipinski definition) is 13. The van der Waals surface area contributed by atoms with Gasteiger partial charge in [0.15, 0.2) is 11.0 Å². The third-order valence-corrected chi connectivity index (χ3v) is 8.68. The number of H-pyrrole nitrogens is 1. The number of quaternary nitrogens is 1. The van der Waals surface area contributed by atoms with Crippen molar-refractivity contribution in [2.75, 3.05) is 57.0 Å². The number of alkyl carbamates (subject to hydrolysis) is 1. The van der Waals surface area contributed by atoms with Crippen molar-refractivity contribution >= 4 is 58.1 Å². The number of aromatic amines is 1. The fourth-order valence-electron chi connectivity index (χ4n) is 5.18. The minimum Gasteiger partial charge on any atom is -0.544 e. The summed E-state index contributed by atoms with van der Waals surface area (Å²) < 4.78 is 7.13. The number of tetrazole rings is 1. The van der Waals surface area contributed by atoms with Gasteiger partial charge >= 0.3 is 6.09 Å². The maximum absolute atomic E-state index is 13.8. The van der Waals surface area contributed by atoms with Crippen LogP contribution in [-0.4, -0.2) is 110 Å². The minimum absolute atomic E-state index is 0.152. The third kappa shape index (κ3) is 9.02. The van der Waals surface area contributed by atoms with E-state index in [1.807, 2.05) is 31.1 Å². The number of nitrogens with zero attached hydrogens (tertiary/aromatic N) is 8. The second-order valence-corrected chi connectivity index (χ2v) is 14.2. The lowest BCUT2D eigenvalue weighted by molar-refractivity contribution is -0.883. The number of nitrogens with one attached hydrogen (secondary N) is 3. The Morgan fingerprint density at radius 3 is 2.59 bits per heavy atom. The Morgan fingerprint density at radius 2 is 1.94 bits per heavy atom. The number of ether oxygens (including phenoxy) is 1. The number of hydrogen-bond donors (Lipinski definition) is 3. The lowest BCUT2D eigenvalue weighted by Gasteiger charge is -2.33. The number of likely N-dealkylation sites (N-methyl/N-ethyl adjacent to an activating group) is 1. The molecule has 17 nitrogen and oxygen atoms in total. The molecular weight excluding hydrogens is 654 g/mol. The van der Waals surface area contributed by atoms with Crippen molar-refractivity contribution in [1.82, 2.24) is 40.3 Å². The summed E-state index contributed by atoms with van der Waals surface area (Å²) in [6.07, 6.45) is 4.62. The summed E-state index contributed by atoms with van der Waals surface area (Å²) in [6, 6.07) is 3.10. The molecule has 0 spiro atoms. The van der Waals surface area contributed by atoms with E-state index in [-0.39, 0.29) is 57.6 Å². The van der Waals surface area contributed by atoms with Crippen molar-refractivity contribution in [3.8, 4) is 0 Å². The monoisotopic (exact) mass is 693 g/mol. The molecular formula is C31H39N11O6S. The van der Waals surface area contributed by atoms with Crippen LogP contribution in [-0.2, 0) is 14.9 Å². The van der Waals surface area contributed by atoms with Crippen LogP contribution in [0.5, 0.6) is 0 Å². The van der Waals surface area contributed by atoms with Crippen molar-refractivity contribution in [2.45, 2.75) is 45.1 Å². The first-order chi connectivity index (χ1) is 23.2. The number of carbonyl (C=O) groups is 3. The van der Waals surface area contributed by atoms with E-state index in [9.17, 15) is 24.3 Å². The lowest BCUT2D eigenvalue weighted by Crippen LogP contribution is -2.51. The highest BCUT2D eigenvalue weighted by Gasteiger charge is 2.27. The predicted octanol–water partition coefficient (Wildman–Crippen LogP) is 0.906. The minimum atomic E-state index is -1.16. The second kappa shape index (κ2) is 14.5. The molecule has 4 aromatic rings. The molecule has 1 fully saturated rings. The number of piperidine rings is 1. The number of aliphatic carboxylic acids is 1. The summed E-state index contributed by atoms with van der Waals surface area (Å²) in [4.78, 5) is 61.7. The zero-order valence-corrected chi connectivity index (χ0v) is 28.7. The van der Waals surface area contributed by atoms with Crippen LogP contribution in [0, 0.1) is 0 Å². The van der Waals surface area contributed by atoms with Gasteiger partial charge in [0, 0.05) is 48.5 Å². The Morgan fingerprint density at radius 1 is 1.18 bits per heavy atom. The molecule has 49 heavy (non-hydrogen) atoms. The molecule has 260 valence electrons. The summed E-state index contributed by atoms with van der Waals surface area (Å²) in [5, 5.41) is 32.6. The molecule has 2 amide bonds. The number of carboxylic acids is 1. The molecule has 1 aliphatic rings. The van der Waals surface area contributed by atoms with E-state index >= 15 is 0 Å². The van der Waals surface area contributed by atoms with Gasteiger partial charge in [-0.25, -0.2) is 14.8 Å². The molecule has 0 bridgehead atoms. The van der Waals surface area contributed by atoms with E-state index in [0.717, 1.165) is 5.69 Å². The molecule has 5 rings (SSSR count). The second-order valence-electron chi connectivity index (χ2n) is 13.4. The van der Waals surface area contributed by atoms with E-state index in [1.54, 1.807) is 38.4 Å². The molecule has 3 N–H and O–H groups in total. The van der Waals surface area contributed by atoms with Crippen LogP contribution in [0.25, 0.3) is 17.8 Å². The molecule has 4 aromatic heterocycles. The summed E-state index contributed by atoms with van der Waals surface area (Å²) in [7, 11) is 3.47. The van der Waals surface area contributed by atoms with Crippen LogP contribution in [0.2, 0.25) is 0 Å². The number of anilines is 2. The molecule has 1 saturated heterocycles. The van der Waals surface area contributed by atoms with Gasteiger partial charge in [-0.1, -0.05) is 20.8 Å². The number of pyridine rings is 1. The Bertz CT molecular complexity index is 1900. The van der Waals surface area contributed by atoms with Crippen molar-refractivity contribution < 1.29 is 28.7 Å². The Balaban J connectivity index is 1.32. The number of fused-ring (bicyclic) bond motifs is 1. The third-order valence-electron chi connectivity index (χ3n) is 7.92. The zero-order valence-electron chi connectivity index (χ0n) is 27.9. The maximum atomic E-state index is 13.8. The molecule has 0 aliphatic carbocycles. The highest BCUT2D eigenvalue weighted by atomic mass is 32.1. The number of rotatable bonds is 11. The quantitative estimate of drug-likeness (QED) is 0.187. The average molecular weight is 694 g/mol. The van der Waals surface area contributed by atoms with Gasteiger partial charge in [-0.2, -0.15) is 5.21 Å². The van der Waals surface area contributed by atoms with Gasteiger partial charge in [-0.3, -0.25) is 19.3 Å². The maximum Gasteiger partial charge on any atom is 0.407 e. The Kier molecular flexibility index (Phi) is 10.4. The molecule has 18 heteroatoms. The van der Waals surface area contributed by atoms with Crippen molar-refractivity contribution in [3.63, 3.8) is 0 Å². The normalized spacial score (nSPS) is 14.3. The number of aromatic nitrogens is 7. The Labute approximate surface area is 285 Å². The smallest absolute Gasteiger partial charge is 0.407 e. The lowest BCUT2D eigenvalue weighted by atomic mass is 9.93. The number of carboxylic acid groups (broad SMARTS) is 1. The first kappa shape index (κ1) is 35.1. The van der Waals surface area contributed by atoms with Gasteiger partial charge in [0.05, 0.1) is 44.4 Å². The largest absolute Gasteiger partial charge is 0.544 e. The first-order valence-electron chi connectivity index (χ1n) is 15.6. The van der Waals surface area contributed by atoms with E-state index < -0.39 is 12.1 Å². The van der Waals surface area contributed by atoms with Crippen LogP contribution in [0.1, 0.15) is 61.1 Å². The van der Waals surface area contributed by atoms with Crippen molar-refractivity contribution in [1.29, 1.82) is 0 Å². The molecule has 1 aliphatic heterocycles. The standard InChI is InChI=1S/C31H39N11O6S/c1-31(2,3)22-18-49-29(33-22)35-27(45)19-8-14-41-24(16-19)34-26(21(28(41)46)6-7-23-36-38-39-37-23)40-12-9-20(10-13-40)48-30(47)32-11-15-42(4,5)17-25(43)44/h6-8,14,16,18,20H,9-13,15,17H2,1-5H3,(H3-,32,33,35,36,37,38,39,43,44,45,47). The molecule has 5 heterocycles. The van der Waals surface area contributed by atoms with E-state index in [2.05, 4.69) is 36.2 Å².